The first kappa shape index (κ1) is 20.5. The van der Waals surface area contributed by atoms with Gasteiger partial charge in [-0.3, -0.25) is 0 Å². The maximum absolute atomic E-state index is 11.2. The van der Waals surface area contributed by atoms with Crippen LogP contribution in [0.1, 0.15) is 27.7 Å². The van der Waals surface area contributed by atoms with Gasteiger partial charge < -0.3 is 18.9 Å². The van der Waals surface area contributed by atoms with Crippen LogP contribution < -0.4 is 10.9 Å². The topological polar surface area (TPSA) is 95.1 Å². The van der Waals surface area contributed by atoms with E-state index in [1.807, 2.05) is 27.7 Å². The fourth-order valence-corrected chi connectivity index (χ4v) is 1.20. The molecule has 0 aromatic rings. The zero-order chi connectivity index (χ0) is 16.8. The Balaban J connectivity index is 3.43. The minimum Gasteiger partial charge on any atom is -0.446 e. The predicted molar refractivity (Wildman–Crippen MR) is 80.3 cm³/mol. The summed E-state index contributed by atoms with van der Waals surface area (Å²) in [6.45, 7) is 10.1. The standard InChI is InChI=1S/C14H28N2O6/c1-11(2)9-19-5-7-21-13(17)15-16-14(18)22-8-6-20-10-12(3)4/h11-12H,5-10H2,1-4H3,(H,15,17)(H,16,18). The maximum Gasteiger partial charge on any atom is 0.426 e. The number of hydrogen-bond acceptors (Lipinski definition) is 6. The Labute approximate surface area is 131 Å². The van der Waals surface area contributed by atoms with E-state index in [2.05, 4.69) is 10.9 Å². The van der Waals surface area contributed by atoms with Gasteiger partial charge in [0.25, 0.3) is 0 Å². The van der Waals surface area contributed by atoms with Gasteiger partial charge in [-0.25, -0.2) is 20.4 Å². The summed E-state index contributed by atoms with van der Waals surface area (Å²) in [7, 11) is 0. The molecular formula is C14H28N2O6. The minimum absolute atomic E-state index is 0.109. The highest BCUT2D eigenvalue weighted by Crippen LogP contribution is 1.92. The van der Waals surface area contributed by atoms with Crippen LogP contribution in [0.3, 0.4) is 0 Å². The first-order valence-electron chi connectivity index (χ1n) is 7.42. The summed E-state index contributed by atoms with van der Waals surface area (Å²) in [5.41, 5.74) is 4.12. The number of hydrazine groups is 1. The molecule has 0 aliphatic rings. The van der Waals surface area contributed by atoms with Crippen LogP contribution in [0.25, 0.3) is 0 Å². The first-order valence-corrected chi connectivity index (χ1v) is 7.42. The van der Waals surface area contributed by atoms with E-state index in [0.717, 1.165) is 0 Å². The lowest BCUT2D eigenvalue weighted by atomic mass is 10.2. The van der Waals surface area contributed by atoms with E-state index < -0.39 is 12.2 Å². The van der Waals surface area contributed by atoms with Gasteiger partial charge in [0, 0.05) is 13.2 Å². The molecule has 0 heterocycles. The Morgan fingerprint density at radius 1 is 0.727 bits per heavy atom. The lowest BCUT2D eigenvalue weighted by Gasteiger charge is -2.10. The Bertz CT molecular complexity index is 280. The molecule has 0 atom stereocenters. The van der Waals surface area contributed by atoms with Crippen LogP contribution in [0.15, 0.2) is 0 Å². The molecule has 0 unspecified atom stereocenters. The number of rotatable bonds is 10. The number of hydrogen-bond donors (Lipinski definition) is 2. The molecule has 22 heavy (non-hydrogen) atoms. The van der Waals surface area contributed by atoms with Crippen molar-refractivity contribution in [2.45, 2.75) is 27.7 Å². The number of nitrogens with one attached hydrogen (secondary N) is 2. The second kappa shape index (κ2) is 13.1. The van der Waals surface area contributed by atoms with Crippen molar-refractivity contribution in [3.05, 3.63) is 0 Å². The Hall–Kier alpha value is -1.54. The van der Waals surface area contributed by atoms with Crippen molar-refractivity contribution >= 4 is 12.2 Å². The third-order valence-corrected chi connectivity index (χ3v) is 2.09. The highest BCUT2D eigenvalue weighted by atomic mass is 16.6. The summed E-state index contributed by atoms with van der Waals surface area (Å²) in [6, 6.07) is 0. The fourth-order valence-electron chi connectivity index (χ4n) is 1.20. The maximum atomic E-state index is 11.2. The van der Waals surface area contributed by atoms with E-state index >= 15 is 0 Å². The van der Waals surface area contributed by atoms with Crippen molar-refractivity contribution in [1.29, 1.82) is 0 Å². The van der Waals surface area contributed by atoms with Crippen LogP contribution in [0.4, 0.5) is 9.59 Å². The number of carbonyl (C=O) groups is 2. The highest BCUT2D eigenvalue weighted by molar-refractivity contribution is 5.73. The highest BCUT2D eigenvalue weighted by Gasteiger charge is 2.06. The molecule has 0 saturated carbocycles. The second-order valence-electron chi connectivity index (χ2n) is 5.46. The number of ether oxygens (including phenoxy) is 4. The Kier molecular flexibility index (Phi) is 12.2. The molecule has 130 valence electrons. The summed E-state index contributed by atoms with van der Waals surface area (Å²) in [5, 5.41) is 0. The van der Waals surface area contributed by atoms with Gasteiger partial charge in [0.05, 0.1) is 13.2 Å². The molecule has 2 amide bonds. The van der Waals surface area contributed by atoms with Crippen molar-refractivity contribution in [2.24, 2.45) is 11.8 Å². The van der Waals surface area contributed by atoms with Gasteiger partial charge in [-0.05, 0) is 11.8 Å². The largest absolute Gasteiger partial charge is 0.446 e. The quantitative estimate of drug-likeness (QED) is 0.470. The summed E-state index contributed by atoms with van der Waals surface area (Å²) in [6.07, 6.45) is -1.55. The zero-order valence-electron chi connectivity index (χ0n) is 13.8. The Morgan fingerprint density at radius 2 is 1.09 bits per heavy atom. The monoisotopic (exact) mass is 320 g/mol. The lowest BCUT2D eigenvalue weighted by Crippen LogP contribution is -2.42. The molecule has 0 saturated heterocycles. The summed E-state index contributed by atoms with van der Waals surface area (Å²) < 4.78 is 20.0. The van der Waals surface area contributed by atoms with Crippen molar-refractivity contribution < 1.29 is 28.5 Å². The van der Waals surface area contributed by atoms with Crippen LogP contribution in [-0.2, 0) is 18.9 Å². The minimum atomic E-state index is -0.777. The third-order valence-electron chi connectivity index (χ3n) is 2.09. The van der Waals surface area contributed by atoms with Gasteiger partial charge in [-0.2, -0.15) is 0 Å². The van der Waals surface area contributed by atoms with E-state index in [1.165, 1.54) is 0 Å². The SMILES string of the molecule is CC(C)COCCOC(=O)NNC(=O)OCCOCC(C)C. The molecule has 0 bridgehead atoms. The second-order valence-corrected chi connectivity index (χ2v) is 5.46. The first-order chi connectivity index (χ1) is 10.4. The van der Waals surface area contributed by atoms with Crippen LogP contribution >= 0.6 is 0 Å². The van der Waals surface area contributed by atoms with E-state index in [-0.39, 0.29) is 13.2 Å². The molecule has 0 fully saturated rings. The van der Waals surface area contributed by atoms with Crippen LogP contribution in [-0.4, -0.2) is 51.8 Å². The molecular weight excluding hydrogens is 292 g/mol. The normalized spacial score (nSPS) is 10.6. The molecule has 0 aromatic heterocycles. The molecule has 8 heteroatoms. The predicted octanol–water partition coefficient (Wildman–Crippen LogP) is 1.70. The van der Waals surface area contributed by atoms with Gasteiger partial charge in [-0.1, -0.05) is 27.7 Å². The van der Waals surface area contributed by atoms with E-state index in [4.69, 9.17) is 18.9 Å². The average Bonchev–Trinajstić information content (AvgIpc) is 2.43. The van der Waals surface area contributed by atoms with Gasteiger partial charge in [0.1, 0.15) is 13.2 Å². The van der Waals surface area contributed by atoms with Gasteiger partial charge in [0.15, 0.2) is 0 Å². The van der Waals surface area contributed by atoms with Crippen LogP contribution in [0.5, 0.6) is 0 Å². The van der Waals surface area contributed by atoms with Crippen molar-refractivity contribution in [3.8, 4) is 0 Å². The van der Waals surface area contributed by atoms with Gasteiger partial charge >= 0.3 is 12.2 Å². The van der Waals surface area contributed by atoms with Crippen molar-refractivity contribution in [3.63, 3.8) is 0 Å². The van der Waals surface area contributed by atoms with Crippen LogP contribution in [0, 0.1) is 11.8 Å². The molecule has 0 spiro atoms. The molecule has 0 aliphatic carbocycles. The van der Waals surface area contributed by atoms with Crippen molar-refractivity contribution in [1.82, 2.24) is 10.9 Å². The van der Waals surface area contributed by atoms with E-state index in [0.29, 0.717) is 38.3 Å². The summed E-state index contributed by atoms with van der Waals surface area (Å²) >= 11 is 0. The Morgan fingerprint density at radius 3 is 1.41 bits per heavy atom. The lowest BCUT2D eigenvalue weighted by molar-refractivity contribution is 0.0534. The molecule has 0 rings (SSSR count). The molecule has 2 N–H and O–H groups in total. The smallest absolute Gasteiger partial charge is 0.426 e. The zero-order valence-corrected chi connectivity index (χ0v) is 13.8. The summed E-state index contributed by atoms with van der Waals surface area (Å²) in [5.74, 6) is 0.851. The van der Waals surface area contributed by atoms with E-state index in [9.17, 15) is 9.59 Å². The average molecular weight is 320 g/mol. The molecule has 8 nitrogen and oxygen atoms in total. The number of carbonyl (C=O) groups excluding carboxylic acids is 2. The van der Waals surface area contributed by atoms with Gasteiger partial charge in [0.2, 0.25) is 0 Å². The molecule has 0 radical (unpaired) electrons. The van der Waals surface area contributed by atoms with Gasteiger partial charge in [-0.15, -0.1) is 0 Å². The summed E-state index contributed by atoms with van der Waals surface area (Å²) in [4.78, 5) is 22.4. The molecule has 0 aromatic carbocycles. The van der Waals surface area contributed by atoms with Crippen molar-refractivity contribution in [2.75, 3.05) is 39.6 Å². The third kappa shape index (κ3) is 14.9. The van der Waals surface area contributed by atoms with Crippen LogP contribution in [0.2, 0.25) is 0 Å². The molecule has 0 aliphatic heterocycles. The fraction of sp³-hybridized carbons (Fsp3) is 0.857. The van der Waals surface area contributed by atoms with E-state index in [1.54, 1.807) is 0 Å². The number of amides is 2.